The number of thioether (sulfide) groups is 1. The number of carbonyl (C=O) groups excluding carboxylic acids is 2. The quantitative estimate of drug-likeness (QED) is 0.786. The molecule has 7 heteroatoms. The first-order chi connectivity index (χ1) is 8.56. The molecule has 3 N–H and O–H groups in total. The Morgan fingerprint density at radius 2 is 2.22 bits per heavy atom. The highest BCUT2D eigenvalue weighted by Crippen LogP contribution is 2.24. The largest absolute Gasteiger partial charge is 0.378 e. The molecule has 1 aromatic carbocycles. The van der Waals surface area contributed by atoms with Crippen LogP contribution in [0.25, 0.3) is 0 Å². The van der Waals surface area contributed by atoms with E-state index in [1.807, 2.05) is 24.3 Å². The Balaban J connectivity index is 1.94. The molecule has 5 nitrogen and oxygen atoms in total. The average molecular weight is 375 g/mol. The van der Waals surface area contributed by atoms with Gasteiger partial charge in [0.25, 0.3) is 5.91 Å². The number of halogens is 1. The van der Waals surface area contributed by atoms with Crippen molar-refractivity contribution in [2.24, 2.45) is 10.7 Å². The van der Waals surface area contributed by atoms with Crippen LogP contribution in [-0.4, -0.2) is 22.2 Å². The van der Waals surface area contributed by atoms with Crippen molar-refractivity contribution in [2.45, 2.75) is 11.7 Å². The molecule has 1 aliphatic heterocycles. The van der Waals surface area contributed by atoms with Gasteiger partial charge in [0.1, 0.15) is 5.25 Å². The summed E-state index contributed by atoms with van der Waals surface area (Å²) in [7, 11) is 0. The van der Waals surface area contributed by atoms with Gasteiger partial charge in [-0.1, -0.05) is 23.9 Å². The van der Waals surface area contributed by atoms with Crippen LogP contribution in [0, 0.1) is 3.57 Å². The van der Waals surface area contributed by atoms with Crippen LogP contribution in [0.15, 0.2) is 29.3 Å². The number of aliphatic imine (C=N–C) groups is 1. The lowest BCUT2D eigenvalue weighted by molar-refractivity contribution is -0.121. The number of amidine groups is 1. The molecule has 0 radical (unpaired) electrons. The molecule has 0 saturated carbocycles. The lowest BCUT2D eigenvalue weighted by Gasteiger charge is -2.09. The van der Waals surface area contributed by atoms with Crippen molar-refractivity contribution >= 4 is 57.0 Å². The molecule has 0 saturated heterocycles. The van der Waals surface area contributed by atoms with Gasteiger partial charge in [-0.15, -0.1) is 0 Å². The fraction of sp³-hybridized carbons (Fsp3) is 0.182. The van der Waals surface area contributed by atoms with Crippen LogP contribution in [0.2, 0.25) is 0 Å². The number of nitrogens with one attached hydrogen (secondary N) is 1. The normalized spacial score (nSPS) is 18.6. The Hall–Kier alpha value is -1.09. The molecule has 1 aliphatic rings. The maximum atomic E-state index is 11.8. The van der Waals surface area contributed by atoms with Crippen LogP contribution in [0.3, 0.4) is 0 Å². The number of rotatable bonds is 3. The van der Waals surface area contributed by atoms with E-state index in [1.165, 1.54) is 0 Å². The summed E-state index contributed by atoms with van der Waals surface area (Å²) < 4.78 is 0.949. The highest BCUT2D eigenvalue weighted by atomic mass is 127. The van der Waals surface area contributed by atoms with Crippen molar-refractivity contribution in [1.82, 2.24) is 0 Å². The van der Waals surface area contributed by atoms with Crippen molar-refractivity contribution in [3.05, 3.63) is 27.8 Å². The van der Waals surface area contributed by atoms with Crippen molar-refractivity contribution in [1.29, 1.82) is 0 Å². The van der Waals surface area contributed by atoms with E-state index in [-0.39, 0.29) is 23.4 Å². The molecule has 0 aromatic heterocycles. The smallest absolute Gasteiger partial charge is 0.262 e. The lowest BCUT2D eigenvalue weighted by Crippen LogP contribution is -2.22. The molecule has 2 rings (SSSR count). The summed E-state index contributed by atoms with van der Waals surface area (Å²) in [4.78, 5) is 26.8. The third kappa shape index (κ3) is 3.22. The van der Waals surface area contributed by atoms with Gasteiger partial charge in [-0.25, -0.2) is 0 Å². The predicted molar refractivity (Wildman–Crippen MR) is 80.4 cm³/mol. The topological polar surface area (TPSA) is 84.5 Å². The monoisotopic (exact) mass is 375 g/mol. The Bertz CT molecular complexity index is 533. The SMILES string of the molecule is NC1=NC(=O)[C@@H](CC(=O)Nc2ccccc2I)S1. The zero-order valence-electron chi connectivity index (χ0n) is 9.22. The van der Waals surface area contributed by atoms with Gasteiger partial charge in [-0.3, -0.25) is 9.59 Å². The number of benzene rings is 1. The van der Waals surface area contributed by atoms with E-state index in [1.54, 1.807) is 0 Å². The Labute approximate surface area is 122 Å². The third-order valence-electron chi connectivity index (χ3n) is 2.28. The third-order valence-corrected chi connectivity index (χ3v) is 4.20. The summed E-state index contributed by atoms with van der Waals surface area (Å²) in [5.41, 5.74) is 6.17. The first-order valence-electron chi connectivity index (χ1n) is 5.15. The molecule has 1 heterocycles. The number of anilines is 1. The van der Waals surface area contributed by atoms with Crippen molar-refractivity contribution < 1.29 is 9.59 Å². The van der Waals surface area contributed by atoms with Gasteiger partial charge < -0.3 is 11.1 Å². The van der Waals surface area contributed by atoms with Gasteiger partial charge in [-0.2, -0.15) is 4.99 Å². The molecular weight excluding hydrogens is 365 g/mol. The van der Waals surface area contributed by atoms with Gasteiger partial charge >= 0.3 is 0 Å². The van der Waals surface area contributed by atoms with Crippen LogP contribution in [0.5, 0.6) is 0 Å². The minimum atomic E-state index is -0.494. The fourth-order valence-corrected chi connectivity index (χ4v) is 2.81. The number of para-hydroxylation sites is 1. The molecule has 0 spiro atoms. The Kier molecular flexibility index (Phi) is 4.23. The summed E-state index contributed by atoms with van der Waals surface area (Å²) >= 11 is 3.27. The zero-order valence-corrected chi connectivity index (χ0v) is 12.2. The van der Waals surface area contributed by atoms with Gasteiger partial charge in [0, 0.05) is 9.99 Å². The van der Waals surface area contributed by atoms with Crippen LogP contribution in [-0.2, 0) is 9.59 Å². The summed E-state index contributed by atoms with van der Waals surface area (Å²) in [6.07, 6.45) is 0.0820. The van der Waals surface area contributed by atoms with E-state index < -0.39 is 5.25 Å². The van der Waals surface area contributed by atoms with Crippen LogP contribution in [0.1, 0.15) is 6.42 Å². The zero-order chi connectivity index (χ0) is 13.1. The molecule has 0 bridgehead atoms. The van der Waals surface area contributed by atoms with Crippen LogP contribution >= 0.6 is 34.4 Å². The lowest BCUT2D eigenvalue weighted by atomic mass is 10.2. The second-order valence-electron chi connectivity index (χ2n) is 3.63. The molecule has 2 amide bonds. The molecule has 1 atom stereocenters. The molecule has 94 valence electrons. The Morgan fingerprint density at radius 3 is 2.83 bits per heavy atom. The summed E-state index contributed by atoms with van der Waals surface area (Å²) in [6, 6.07) is 7.44. The number of hydrogen-bond donors (Lipinski definition) is 2. The number of nitrogens with zero attached hydrogens (tertiary/aromatic N) is 1. The second kappa shape index (κ2) is 5.70. The van der Waals surface area contributed by atoms with Gasteiger partial charge in [-0.05, 0) is 34.7 Å². The van der Waals surface area contributed by atoms with Gasteiger partial charge in [0.2, 0.25) is 5.91 Å². The highest BCUT2D eigenvalue weighted by Gasteiger charge is 2.29. The maximum Gasteiger partial charge on any atom is 0.262 e. The molecule has 0 unspecified atom stereocenters. The first kappa shape index (κ1) is 13.3. The second-order valence-corrected chi connectivity index (χ2v) is 6.01. The number of amides is 2. The van der Waals surface area contributed by atoms with E-state index >= 15 is 0 Å². The number of hydrogen-bond acceptors (Lipinski definition) is 4. The maximum absolute atomic E-state index is 11.8. The van der Waals surface area contributed by atoms with Crippen molar-refractivity contribution in [3.63, 3.8) is 0 Å². The summed E-state index contributed by atoms with van der Waals surface area (Å²) in [5.74, 6) is -0.551. The van der Waals surface area contributed by atoms with Crippen LogP contribution in [0.4, 0.5) is 5.69 Å². The Morgan fingerprint density at radius 1 is 1.50 bits per heavy atom. The molecule has 18 heavy (non-hydrogen) atoms. The highest BCUT2D eigenvalue weighted by molar-refractivity contribution is 14.1. The number of carbonyl (C=O) groups is 2. The van der Waals surface area contributed by atoms with E-state index in [9.17, 15) is 9.59 Å². The van der Waals surface area contributed by atoms with Crippen LogP contribution < -0.4 is 11.1 Å². The van der Waals surface area contributed by atoms with Gasteiger partial charge in [0.05, 0.1) is 5.69 Å². The van der Waals surface area contributed by atoms with Gasteiger partial charge in [0.15, 0.2) is 5.17 Å². The molecule has 0 aliphatic carbocycles. The fourth-order valence-electron chi connectivity index (χ4n) is 1.46. The van der Waals surface area contributed by atoms with E-state index in [0.717, 1.165) is 21.0 Å². The average Bonchev–Trinajstić information content (AvgIpc) is 2.61. The summed E-state index contributed by atoms with van der Waals surface area (Å²) in [5, 5.41) is 2.50. The van der Waals surface area contributed by atoms with E-state index in [4.69, 9.17) is 5.73 Å². The van der Waals surface area contributed by atoms with Crippen molar-refractivity contribution in [3.8, 4) is 0 Å². The van der Waals surface area contributed by atoms with E-state index in [0.29, 0.717) is 0 Å². The summed E-state index contributed by atoms with van der Waals surface area (Å²) in [6.45, 7) is 0. The minimum absolute atomic E-state index is 0.0820. The molecule has 1 aromatic rings. The number of nitrogens with two attached hydrogens (primary N) is 1. The standard InChI is InChI=1S/C11H10IN3O2S/c12-6-3-1-2-4-7(6)14-9(16)5-8-10(17)15-11(13)18-8/h1-4,8H,5H2,(H,14,16)(H2,13,15,17)/t8-/m1/s1. The van der Waals surface area contributed by atoms with Crippen molar-refractivity contribution in [2.75, 3.05) is 5.32 Å². The van der Waals surface area contributed by atoms with E-state index in [2.05, 4.69) is 32.9 Å². The molecular formula is C11H10IN3O2S. The minimum Gasteiger partial charge on any atom is -0.378 e. The first-order valence-corrected chi connectivity index (χ1v) is 7.11. The molecule has 0 fully saturated rings. The predicted octanol–water partition coefficient (Wildman–Crippen LogP) is 1.58.